The zero-order valence-electron chi connectivity index (χ0n) is 17.3. The van der Waals surface area contributed by atoms with Crippen LogP contribution < -0.4 is 10.5 Å². The highest BCUT2D eigenvalue weighted by molar-refractivity contribution is 5.93. The van der Waals surface area contributed by atoms with Crippen molar-refractivity contribution in [3.63, 3.8) is 0 Å². The molecule has 3 rings (SSSR count). The van der Waals surface area contributed by atoms with E-state index in [-0.39, 0.29) is 17.1 Å². The maximum Gasteiger partial charge on any atom is 0.416 e. The summed E-state index contributed by atoms with van der Waals surface area (Å²) >= 11 is 0. The first-order valence-corrected chi connectivity index (χ1v) is 9.40. The van der Waals surface area contributed by atoms with Crippen LogP contribution >= 0.6 is 0 Å². The van der Waals surface area contributed by atoms with E-state index in [0.717, 1.165) is 47.6 Å². The van der Waals surface area contributed by atoms with E-state index in [2.05, 4.69) is 4.98 Å². The van der Waals surface area contributed by atoms with Crippen molar-refractivity contribution in [2.45, 2.75) is 12.3 Å². The minimum atomic E-state index is -4.53. The van der Waals surface area contributed by atoms with Gasteiger partial charge in [0.2, 0.25) is 5.89 Å². The number of carbonyl (C=O) groups is 2. The zero-order valence-corrected chi connectivity index (χ0v) is 17.3. The number of likely N-dealkylation sites (N-methyl/N-ethyl adjacent to an activating group) is 1. The van der Waals surface area contributed by atoms with Gasteiger partial charge in [-0.05, 0) is 24.3 Å². The van der Waals surface area contributed by atoms with Gasteiger partial charge in [-0.2, -0.15) is 13.2 Å². The molecule has 0 radical (unpaired) electrons. The molecule has 2 amide bonds. The summed E-state index contributed by atoms with van der Waals surface area (Å²) in [6.07, 6.45) is -6.20. The van der Waals surface area contributed by atoms with E-state index < -0.39 is 59.3 Å². The Labute approximate surface area is 188 Å². The molecule has 0 aliphatic carbocycles. The van der Waals surface area contributed by atoms with Crippen molar-refractivity contribution in [2.75, 3.05) is 13.6 Å². The number of primary amides is 1. The average molecular weight is 485 g/mol. The van der Waals surface area contributed by atoms with Gasteiger partial charge in [-0.1, -0.05) is 12.1 Å². The summed E-state index contributed by atoms with van der Waals surface area (Å²) in [4.78, 5) is 27.5. The van der Waals surface area contributed by atoms with Gasteiger partial charge in [0, 0.05) is 12.6 Å². The molecule has 0 bridgehead atoms. The van der Waals surface area contributed by atoms with Gasteiger partial charge in [-0.25, -0.2) is 18.6 Å². The van der Waals surface area contributed by atoms with Crippen LogP contribution in [0.1, 0.15) is 27.9 Å². The number of aromatic nitrogens is 1. The second-order valence-electron chi connectivity index (χ2n) is 7.01. The van der Waals surface area contributed by atoms with Crippen LogP contribution in [0.25, 0.3) is 11.3 Å². The highest BCUT2D eigenvalue weighted by atomic mass is 19.4. The fourth-order valence-corrected chi connectivity index (χ4v) is 2.89. The third kappa shape index (κ3) is 5.24. The normalized spacial score (nSPS) is 12.3. The number of alkyl halides is 3. The molecule has 0 aliphatic rings. The molecule has 8 nitrogen and oxygen atoms in total. The Morgan fingerprint density at radius 2 is 1.82 bits per heavy atom. The van der Waals surface area contributed by atoms with Crippen molar-refractivity contribution in [2.24, 2.45) is 5.73 Å². The van der Waals surface area contributed by atoms with Crippen LogP contribution in [-0.4, -0.2) is 40.6 Å². The number of benzene rings is 2. The molecule has 3 N–H and O–H groups in total. The molecule has 2 aromatic carbocycles. The van der Waals surface area contributed by atoms with E-state index in [0.29, 0.717) is 0 Å². The molecule has 0 saturated carbocycles. The van der Waals surface area contributed by atoms with Gasteiger partial charge < -0.3 is 24.9 Å². The third-order valence-corrected chi connectivity index (χ3v) is 4.64. The summed E-state index contributed by atoms with van der Waals surface area (Å²) in [6.45, 7) is -0.439. The second kappa shape index (κ2) is 9.37. The van der Waals surface area contributed by atoms with Crippen LogP contribution in [0.5, 0.6) is 5.75 Å². The van der Waals surface area contributed by atoms with Crippen LogP contribution in [0.2, 0.25) is 0 Å². The molecular weight excluding hydrogens is 469 g/mol. The van der Waals surface area contributed by atoms with Crippen LogP contribution in [-0.2, 0) is 6.18 Å². The molecule has 3 aromatic rings. The molecule has 0 saturated heterocycles. The van der Waals surface area contributed by atoms with E-state index in [4.69, 9.17) is 20.0 Å². The van der Waals surface area contributed by atoms with Crippen molar-refractivity contribution >= 4 is 12.0 Å². The number of ether oxygens (including phenoxy) is 1. The topological polar surface area (TPSA) is 119 Å². The van der Waals surface area contributed by atoms with Crippen molar-refractivity contribution in [1.29, 1.82) is 0 Å². The Hall–Kier alpha value is -4.16. The Morgan fingerprint density at radius 1 is 1.18 bits per heavy atom. The fraction of sp³-hybridized carbons (Fsp3) is 0.190. The third-order valence-electron chi connectivity index (χ3n) is 4.64. The number of nitrogens with zero attached hydrogens (tertiary/aromatic N) is 2. The van der Waals surface area contributed by atoms with Crippen LogP contribution in [0.3, 0.4) is 0 Å². The van der Waals surface area contributed by atoms with Gasteiger partial charge in [-0.3, -0.25) is 4.79 Å². The molecule has 1 unspecified atom stereocenters. The Bertz CT molecular complexity index is 1210. The predicted molar refractivity (Wildman–Crippen MR) is 106 cm³/mol. The summed E-state index contributed by atoms with van der Waals surface area (Å²) in [6, 6.07) is 5.60. The minimum absolute atomic E-state index is 0.0905. The number of oxazole rings is 1. The summed E-state index contributed by atoms with van der Waals surface area (Å²) in [7, 11) is 1.17. The minimum Gasteiger partial charge on any atom is -0.476 e. The monoisotopic (exact) mass is 485 g/mol. The number of nitrogens with two attached hydrogens (primary N) is 1. The van der Waals surface area contributed by atoms with Gasteiger partial charge in [0.15, 0.2) is 17.7 Å². The SMILES string of the molecule is CN(CC(Oc1ccc(F)c(C(N)=O)c1F)c1nc(-c2ccc(C(F)(F)F)cc2)co1)C(=O)O. The van der Waals surface area contributed by atoms with Gasteiger partial charge in [-0.15, -0.1) is 0 Å². The zero-order chi connectivity index (χ0) is 25.2. The lowest BCUT2D eigenvalue weighted by molar-refractivity contribution is -0.137. The molecule has 180 valence electrons. The smallest absolute Gasteiger partial charge is 0.416 e. The molecule has 0 spiro atoms. The lowest BCUT2D eigenvalue weighted by Crippen LogP contribution is -2.32. The Kier molecular flexibility index (Phi) is 6.75. The van der Waals surface area contributed by atoms with E-state index in [1.54, 1.807) is 0 Å². The lowest BCUT2D eigenvalue weighted by Gasteiger charge is -2.21. The summed E-state index contributed by atoms with van der Waals surface area (Å²) < 4.78 is 77.5. The van der Waals surface area contributed by atoms with Crippen LogP contribution in [0, 0.1) is 11.6 Å². The van der Waals surface area contributed by atoms with E-state index in [9.17, 15) is 31.5 Å². The molecule has 34 heavy (non-hydrogen) atoms. The molecule has 1 atom stereocenters. The first-order valence-electron chi connectivity index (χ1n) is 9.40. The number of hydrogen-bond donors (Lipinski definition) is 2. The fourth-order valence-electron chi connectivity index (χ4n) is 2.89. The van der Waals surface area contributed by atoms with E-state index in [1.165, 1.54) is 7.05 Å². The second-order valence-corrected chi connectivity index (χ2v) is 7.01. The molecule has 1 aromatic heterocycles. The van der Waals surface area contributed by atoms with Crippen molar-refractivity contribution in [3.05, 3.63) is 71.3 Å². The number of hydrogen-bond acceptors (Lipinski definition) is 5. The highest BCUT2D eigenvalue weighted by Gasteiger charge is 2.31. The number of rotatable bonds is 7. The lowest BCUT2D eigenvalue weighted by atomic mass is 10.1. The molecule has 0 aliphatic heterocycles. The van der Waals surface area contributed by atoms with E-state index >= 15 is 0 Å². The average Bonchev–Trinajstić information content (AvgIpc) is 3.24. The Balaban J connectivity index is 1.95. The van der Waals surface area contributed by atoms with Gasteiger partial charge in [0.1, 0.15) is 23.3 Å². The number of carbonyl (C=O) groups excluding carboxylic acids is 1. The largest absolute Gasteiger partial charge is 0.476 e. The van der Waals surface area contributed by atoms with Gasteiger partial charge in [0.05, 0.1) is 12.1 Å². The number of halogens is 5. The number of amides is 2. The molecule has 0 fully saturated rings. The molecular formula is C21H16F5N3O5. The first-order chi connectivity index (χ1) is 15.9. The van der Waals surface area contributed by atoms with Crippen LogP contribution in [0.15, 0.2) is 47.1 Å². The predicted octanol–water partition coefficient (Wildman–Crippen LogP) is 4.47. The molecule has 13 heteroatoms. The standard InChI is InChI=1S/C21H16F5N3O5/c1-29(20(31)32)8-15(34-14-7-6-12(22)16(17(14)23)18(27)30)19-28-13(9-33-19)10-2-4-11(5-3-10)21(24,25)26/h2-7,9,15H,8H2,1H3,(H2,27,30)(H,31,32). The van der Waals surface area contributed by atoms with Crippen molar-refractivity contribution < 1.29 is 45.8 Å². The van der Waals surface area contributed by atoms with Crippen LogP contribution in [0.4, 0.5) is 26.7 Å². The maximum absolute atomic E-state index is 14.6. The quantitative estimate of drug-likeness (QED) is 0.477. The van der Waals surface area contributed by atoms with Gasteiger partial charge >= 0.3 is 12.3 Å². The highest BCUT2D eigenvalue weighted by Crippen LogP contribution is 2.32. The van der Waals surface area contributed by atoms with E-state index in [1.807, 2.05) is 0 Å². The molecule has 1 heterocycles. The first kappa shape index (κ1) is 24.5. The summed E-state index contributed by atoms with van der Waals surface area (Å²) in [5.41, 5.74) is 3.40. The van der Waals surface area contributed by atoms with Gasteiger partial charge in [0.25, 0.3) is 5.91 Å². The summed E-state index contributed by atoms with van der Waals surface area (Å²) in [5, 5.41) is 9.17. The summed E-state index contributed by atoms with van der Waals surface area (Å²) in [5.74, 6) is -4.91. The number of carboxylic acid groups (broad SMARTS) is 1. The maximum atomic E-state index is 14.6. The van der Waals surface area contributed by atoms with Crippen molar-refractivity contribution in [1.82, 2.24) is 9.88 Å². The van der Waals surface area contributed by atoms with Crippen molar-refractivity contribution in [3.8, 4) is 17.0 Å². The Morgan fingerprint density at radius 3 is 2.38 bits per heavy atom.